The molecule has 1 saturated carbocycles. The predicted molar refractivity (Wildman–Crippen MR) is 75.8 cm³/mol. The zero-order valence-electron chi connectivity index (χ0n) is 12.2. The molecular formula is C15H27N3. The van der Waals surface area contributed by atoms with Crippen molar-refractivity contribution in [2.45, 2.75) is 65.5 Å². The predicted octanol–water partition coefficient (Wildman–Crippen LogP) is 3.23. The van der Waals surface area contributed by atoms with Crippen LogP contribution < -0.4 is 5.32 Å². The Morgan fingerprint density at radius 2 is 1.94 bits per heavy atom. The highest BCUT2D eigenvalue weighted by molar-refractivity contribution is 5.13. The van der Waals surface area contributed by atoms with Crippen LogP contribution in [0.4, 0.5) is 0 Å². The van der Waals surface area contributed by atoms with Gasteiger partial charge in [0.15, 0.2) is 0 Å². The maximum Gasteiger partial charge on any atom is 0.0622 e. The number of aromatic nitrogens is 2. The van der Waals surface area contributed by atoms with E-state index < -0.39 is 0 Å². The molecule has 0 spiro atoms. The van der Waals surface area contributed by atoms with Crippen LogP contribution in [0.15, 0.2) is 6.20 Å². The fourth-order valence-electron chi connectivity index (χ4n) is 2.71. The largest absolute Gasteiger partial charge is 0.314 e. The van der Waals surface area contributed by atoms with Gasteiger partial charge in [-0.25, -0.2) is 0 Å². The molecule has 0 radical (unpaired) electrons. The van der Waals surface area contributed by atoms with Gasteiger partial charge in [-0.05, 0) is 57.6 Å². The Bertz CT molecular complexity index is 354. The second kappa shape index (κ2) is 5.87. The first-order chi connectivity index (χ1) is 8.56. The van der Waals surface area contributed by atoms with Crippen molar-refractivity contribution in [3.8, 4) is 0 Å². The van der Waals surface area contributed by atoms with Gasteiger partial charge in [0.2, 0.25) is 0 Å². The van der Waals surface area contributed by atoms with Crippen LogP contribution in [0.3, 0.4) is 0 Å². The van der Waals surface area contributed by atoms with E-state index >= 15 is 0 Å². The highest BCUT2D eigenvalue weighted by Gasteiger charge is 2.22. The molecule has 3 heteroatoms. The summed E-state index contributed by atoms with van der Waals surface area (Å²) in [6, 6.07) is 1.34. The zero-order chi connectivity index (χ0) is 13.1. The minimum Gasteiger partial charge on any atom is -0.314 e. The maximum absolute atomic E-state index is 4.63. The van der Waals surface area contributed by atoms with E-state index in [-0.39, 0.29) is 0 Å². The zero-order valence-corrected chi connectivity index (χ0v) is 12.2. The lowest BCUT2D eigenvalue weighted by Gasteiger charge is -2.30. The van der Waals surface area contributed by atoms with E-state index in [9.17, 15) is 0 Å². The summed E-state index contributed by atoms with van der Waals surface area (Å²) in [5.74, 6) is 0.749. The molecule has 0 bridgehead atoms. The lowest BCUT2D eigenvalue weighted by Crippen LogP contribution is -2.36. The second-order valence-corrected chi connectivity index (χ2v) is 6.19. The van der Waals surface area contributed by atoms with Crippen molar-refractivity contribution in [2.75, 3.05) is 6.54 Å². The summed E-state index contributed by atoms with van der Waals surface area (Å²) in [6.45, 7) is 9.94. The highest BCUT2D eigenvalue weighted by atomic mass is 15.3. The van der Waals surface area contributed by atoms with E-state index in [1.54, 1.807) is 0 Å². The van der Waals surface area contributed by atoms with Gasteiger partial charge in [0.05, 0.1) is 11.7 Å². The molecule has 1 aromatic heterocycles. The number of hydrogen-bond acceptors (Lipinski definition) is 2. The molecule has 0 amide bonds. The highest BCUT2D eigenvalue weighted by Crippen LogP contribution is 2.28. The van der Waals surface area contributed by atoms with Crippen LogP contribution in [0.25, 0.3) is 0 Å². The van der Waals surface area contributed by atoms with Gasteiger partial charge in [0.25, 0.3) is 0 Å². The Hall–Kier alpha value is -0.830. The second-order valence-electron chi connectivity index (χ2n) is 6.19. The Balaban J connectivity index is 1.83. The Morgan fingerprint density at radius 3 is 2.44 bits per heavy atom. The van der Waals surface area contributed by atoms with Crippen molar-refractivity contribution in [2.24, 2.45) is 5.92 Å². The number of hydrogen-bond donors (Lipinski definition) is 1. The lowest BCUT2D eigenvalue weighted by atomic mass is 9.91. The number of rotatable bonds is 4. The van der Waals surface area contributed by atoms with Gasteiger partial charge >= 0.3 is 0 Å². The number of nitrogens with one attached hydrogen (secondary N) is 1. The first kappa shape index (κ1) is 13.6. The molecule has 18 heavy (non-hydrogen) atoms. The van der Waals surface area contributed by atoms with Crippen LogP contribution in [0.5, 0.6) is 0 Å². The third-order valence-corrected chi connectivity index (χ3v) is 4.05. The van der Waals surface area contributed by atoms with Crippen LogP contribution in [0.2, 0.25) is 0 Å². The van der Waals surface area contributed by atoms with Crippen LogP contribution in [0.1, 0.15) is 56.8 Å². The van der Waals surface area contributed by atoms with E-state index in [1.165, 1.54) is 36.9 Å². The maximum atomic E-state index is 4.63. The minimum atomic E-state index is 0.620. The van der Waals surface area contributed by atoms with Gasteiger partial charge in [-0.1, -0.05) is 13.8 Å². The molecule has 0 unspecified atom stereocenters. The summed E-state index contributed by atoms with van der Waals surface area (Å²) in [4.78, 5) is 0. The van der Waals surface area contributed by atoms with E-state index in [4.69, 9.17) is 0 Å². The van der Waals surface area contributed by atoms with Crippen molar-refractivity contribution in [3.05, 3.63) is 17.5 Å². The number of aryl methyl sites for hydroxylation is 2. The SMILES string of the molecule is Cc1cn(C2CCC(NCC(C)C)CC2)nc1C. The lowest BCUT2D eigenvalue weighted by molar-refractivity contribution is 0.271. The Kier molecular flexibility index (Phi) is 4.44. The van der Waals surface area contributed by atoms with Gasteiger partial charge < -0.3 is 5.32 Å². The molecule has 1 aromatic rings. The van der Waals surface area contributed by atoms with Gasteiger partial charge in [0, 0.05) is 12.2 Å². The van der Waals surface area contributed by atoms with Crippen molar-refractivity contribution < 1.29 is 0 Å². The first-order valence-electron chi connectivity index (χ1n) is 7.32. The average molecular weight is 249 g/mol. The summed E-state index contributed by atoms with van der Waals surface area (Å²) in [5, 5.41) is 8.31. The molecule has 0 aliphatic heterocycles. The summed E-state index contributed by atoms with van der Waals surface area (Å²) in [6.07, 6.45) is 7.30. The Morgan fingerprint density at radius 1 is 1.28 bits per heavy atom. The fourth-order valence-corrected chi connectivity index (χ4v) is 2.71. The van der Waals surface area contributed by atoms with E-state index in [0.29, 0.717) is 6.04 Å². The van der Waals surface area contributed by atoms with Gasteiger partial charge in [0.1, 0.15) is 0 Å². The molecule has 0 aromatic carbocycles. The quantitative estimate of drug-likeness (QED) is 0.888. The molecule has 1 fully saturated rings. The standard InChI is InChI=1S/C15H27N3/c1-11(2)9-16-14-5-7-15(8-6-14)18-10-12(3)13(4)17-18/h10-11,14-16H,5-9H2,1-4H3. The molecule has 3 nitrogen and oxygen atoms in total. The third-order valence-electron chi connectivity index (χ3n) is 4.05. The molecule has 102 valence electrons. The van der Waals surface area contributed by atoms with Gasteiger partial charge in [-0.15, -0.1) is 0 Å². The molecule has 1 heterocycles. The van der Waals surface area contributed by atoms with Crippen molar-refractivity contribution >= 4 is 0 Å². The van der Waals surface area contributed by atoms with E-state index in [1.807, 2.05) is 0 Å². The molecule has 2 rings (SSSR count). The third kappa shape index (κ3) is 3.35. The Labute approximate surface area is 111 Å². The smallest absolute Gasteiger partial charge is 0.0622 e. The van der Waals surface area contributed by atoms with Gasteiger partial charge in [-0.2, -0.15) is 5.10 Å². The van der Waals surface area contributed by atoms with Crippen LogP contribution in [-0.4, -0.2) is 22.4 Å². The van der Waals surface area contributed by atoms with Crippen molar-refractivity contribution in [1.82, 2.24) is 15.1 Å². The van der Waals surface area contributed by atoms with E-state index in [2.05, 4.69) is 49.0 Å². The minimum absolute atomic E-state index is 0.620. The average Bonchev–Trinajstić information content (AvgIpc) is 2.68. The van der Waals surface area contributed by atoms with Crippen LogP contribution in [0, 0.1) is 19.8 Å². The summed E-state index contributed by atoms with van der Waals surface area (Å²) in [5.41, 5.74) is 2.49. The monoisotopic (exact) mass is 249 g/mol. The van der Waals surface area contributed by atoms with Crippen molar-refractivity contribution in [3.63, 3.8) is 0 Å². The topological polar surface area (TPSA) is 29.9 Å². The van der Waals surface area contributed by atoms with Gasteiger partial charge in [-0.3, -0.25) is 4.68 Å². The summed E-state index contributed by atoms with van der Waals surface area (Å²) >= 11 is 0. The molecule has 0 atom stereocenters. The van der Waals surface area contributed by atoms with Crippen LogP contribution >= 0.6 is 0 Å². The molecule has 1 aliphatic carbocycles. The normalized spacial score (nSPS) is 24.7. The first-order valence-corrected chi connectivity index (χ1v) is 7.32. The fraction of sp³-hybridized carbons (Fsp3) is 0.800. The molecule has 1 aliphatic rings. The van der Waals surface area contributed by atoms with Crippen LogP contribution in [-0.2, 0) is 0 Å². The molecular weight excluding hydrogens is 222 g/mol. The number of nitrogens with zero attached hydrogens (tertiary/aromatic N) is 2. The van der Waals surface area contributed by atoms with Crippen molar-refractivity contribution in [1.29, 1.82) is 0 Å². The summed E-state index contributed by atoms with van der Waals surface area (Å²) < 4.78 is 2.20. The summed E-state index contributed by atoms with van der Waals surface area (Å²) in [7, 11) is 0. The molecule has 0 saturated heterocycles. The van der Waals surface area contributed by atoms with E-state index in [0.717, 1.165) is 18.5 Å². The molecule has 1 N–H and O–H groups in total.